The molecule has 3 rings (SSSR count). The minimum absolute atomic E-state index is 0.0538. The molecule has 6 nitrogen and oxygen atoms in total. The average Bonchev–Trinajstić information content (AvgIpc) is 2.72. The maximum atomic E-state index is 13.2. The second kappa shape index (κ2) is 9.41. The van der Waals surface area contributed by atoms with Crippen molar-refractivity contribution in [2.24, 2.45) is 5.92 Å². The van der Waals surface area contributed by atoms with Crippen LogP contribution in [0.3, 0.4) is 0 Å². The van der Waals surface area contributed by atoms with Crippen LogP contribution in [0.1, 0.15) is 30.3 Å². The molecule has 154 valence electrons. The first-order valence-corrected chi connectivity index (χ1v) is 9.99. The van der Waals surface area contributed by atoms with Gasteiger partial charge in [-0.2, -0.15) is 0 Å². The number of piperidine rings is 1. The van der Waals surface area contributed by atoms with E-state index >= 15 is 0 Å². The molecule has 1 fully saturated rings. The second-order valence-corrected chi connectivity index (χ2v) is 7.41. The number of anilines is 1. The van der Waals surface area contributed by atoms with Crippen LogP contribution < -0.4 is 10.1 Å². The number of carbonyl (C=O) groups is 2. The molecule has 1 aromatic carbocycles. The van der Waals surface area contributed by atoms with Crippen LogP contribution in [-0.2, 0) is 4.79 Å². The van der Waals surface area contributed by atoms with E-state index in [0.717, 1.165) is 0 Å². The third-order valence-electron chi connectivity index (χ3n) is 4.66. The lowest BCUT2D eigenvalue weighted by Crippen LogP contribution is -2.41. The Labute approximate surface area is 178 Å². The van der Waals surface area contributed by atoms with E-state index in [9.17, 15) is 14.0 Å². The van der Waals surface area contributed by atoms with E-state index in [1.165, 1.54) is 18.2 Å². The summed E-state index contributed by atoms with van der Waals surface area (Å²) in [5.41, 5.74) is 0.574. The molecule has 0 spiro atoms. The van der Waals surface area contributed by atoms with E-state index in [1.54, 1.807) is 17.0 Å². The zero-order valence-corrected chi connectivity index (χ0v) is 17.3. The van der Waals surface area contributed by atoms with Crippen molar-refractivity contribution < 1.29 is 18.7 Å². The molecule has 0 atom stereocenters. The number of hydrogen-bond acceptors (Lipinski definition) is 4. The first-order chi connectivity index (χ1) is 13.9. The van der Waals surface area contributed by atoms with Crippen molar-refractivity contribution in [2.75, 3.05) is 25.0 Å². The van der Waals surface area contributed by atoms with Crippen LogP contribution >= 0.6 is 23.2 Å². The normalized spacial score (nSPS) is 14.6. The molecule has 1 aromatic heterocycles. The van der Waals surface area contributed by atoms with Crippen LogP contribution in [0.4, 0.5) is 10.1 Å². The summed E-state index contributed by atoms with van der Waals surface area (Å²) < 4.78 is 18.6. The van der Waals surface area contributed by atoms with E-state index in [1.807, 2.05) is 6.92 Å². The standard InChI is InChI=1S/C20H20Cl2FN3O3/c1-2-29-17-6-4-14(21)18(25-17)20(28)26-9-7-12(8-10-26)19(27)24-13-3-5-16(23)15(22)11-13/h3-6,11-12H,2,7-10H2,1H3,(H,24,27). The van der Waals surface area contributed by atoms with Gasteiger partial charge in [0.2, 0.25) is 11.8 Å². The number of nitrogens with zero attached hydrogens (tertiary/aromatic N) is 2. The van der Waals surface area contributed by atoms with E-state index in [2.05, 4.69) is 10.3 Å². The lowest BCUT2D eigenvalue weighted by Gasteiger charge is -2.31. The summed E-state index contributed by atoms with van der Waals surface area (Å²) in [6.07, 6.45) is 0.991. The summed E-state index contributed by atoms with van der Waals surface area (Å²) in [5.74, 6) is -0.944. The highest BCUT2D eigenvalue weighted by atomic mass is 35.5. The smallest absolute Gasteiger partial charge is 0.274 e. The summed E-state index contributed by atoms with van der Waals surface area (Å²) in [5, 5.41) is 2.94. The minimum atomic E-state index is -0.544. The highest BCUT2D eigenvalue weighted by Crippen LogP contribution is 2.25. The van der Waals surface area contributed by atoms with E-state index in [4.69, 9.17) is 27.9 Å². The maximum absolute atomic E-state index is 13.2. The van der Waals surface area contributed by atoms with Crippen molar-refractivity contribution in [3.05, 3.63) is 51.9 Å². The van der Waals surface area contributed by atoms with Crippen molar-refractivity contribution in [3.63, 3.8) is 0 Å². The maximum Gasteiger partial charge on any atom is 0.274 e. The molecule has 1 saturated heterocycles. The van der Waals surface area contributed by atoms with Crippen LogP contribution in [0, 0.1) is 11.7 Å². The molecule has 0 saturated carbocycles. The number of hydrogen-bond donors (Lipinski definition) is 1. The Morgan fingerprint density at radius 2 is 1.93 bits per heavy atom. The Kier molecular flexibility index (Phi) is 6.92. The van der Waals surface area contributed by atoms with Gasteiger partial charge in [0.15, 0.2) is 5.69 Å². The van der Waals surface area contributed by atoms with Gasteiger partial charge in [0, 0.05) is 30.8 Å². The number of likely N-dealkylation sites (tertiary alicyclic amines) is 1. The first-order valence-electron chi connectivity index (χ1n) is 9.23. The molecule has 1 N–H and O–H groups in total. The molecule has 2 amide bonds. The zero-order valence-electron chi connectivity index (χ0n) is 15.8. The number of nitrogens with one attached hydrogen (secondary N) is 1. The number of ether oxygens (including phenoxy) is 1. The number of aromatic nitrogens is 1. The summed E-state index contributed by atoms with van der Waals surface area (Å²) in [6, 6.07) is 7.22. The van der Waals surface area contributed by atoms with Crippen molar-refractivity contribution in [1.29, 1.82) is 0 Å². The van der Waals surface area contributed by atoms with Crippen molar-refractivity contribution in [2.45, 2.75) is 19.8 Å². The largest absolute Gasteiger partial charge is 0.478 e. The Bertz CT molecular complexity index is 918. The fourth-order valence-corrected chi connectivity index (χ4v) is 3.48. The number of benzene rings is 1. The lowest BCUT2D eigenvalue weighted by molar-refractivity contribution is -0.121. The molecule has 0 aliphatic carbocycles. The SMILES string of the molecule is CCOc1ccc(Cl)c(C(=O)N2CCC(C(=O)Nc3ccc(F)c(Cl)c3)CC2)n1. The van der Waals surface area contributed by atoms with Gasteiger partial charge in [-0.25, -0.2) is 9.37 Å². The summed E-state index contributed by atoms with van der Waals surface area (Å²) in [6.45, 7) is 3.06. The number of amides is 2. The van der Waals surface area contributed by atoms with Gasteiger partial charge in [-0.15, -0.1) is 0 Å². The number of rotatable bonds is 5. The van der Waals surface area contributed by atoms with Crippen LogP contribution in [0.2, 0.25) is 10.0 Å². The summed E-state index contributed by atoms with van der Waals surface area (Å²) in [7, 11) is 0. The van der Waals surface area contributed by atoms with Gasteiger partial charge in [0.1, 0.15) is 5.82 Å². The number of halogens is 3. The van der Waals surface area contributed by atoms with Gasteiger partial charge < -0.3 is 15.0 Å². The molecular weight excluding hydrogens is 420 g/mol. The van der Waals surface area contributed by atoms with Crippen molar-refractivity contribution >= 4 is 40.7 Å². The molecule has 2 aromatic rings. The third kappa shape index (κ3) is 5.16. The molecule has 0 radical (unpaired) electrons. The molecular formula is C20H20Cl2FN3O3. The van der Waals surface area contributed by atoms with Crippen molar-refractivity contribution in [1.82, 2.24) is 9.88 Å². The fraction of sp³-hybridized carbons (Fsp3) is 0.350. The molecule has 0 unspecified atom stereocenters. The van der Waals surface area contributed by atoms with Crippen LogP contribution in [0.15, 0.2) is 30.3 Å². The van der Waals surface area contributed by atoms with Crippen LogP contribution in [0.25, 0.3) is 0 Å². The molecule has 2 heterocycles. The third-order valence-corrected chi connectivity index (χ3v) is 5.25. The predicted octanol–water partition coefficient (Wildman–Crippen LogP) is 4.42. The zero-order chi connectivity index (χ0) is 21.0. The Hall–Kier alpha value is -2.38. The molecule has 1 aliphatic heterocycles. The summed E-state index contributed by atoms with van der Waals surface area (Å²) >= 11 is 11.9. The number of carbonyl (C=O) groups excluding carboxylic acids is 2. The van der Waals surface area contributed by atoms with Gasteiger partial charge in [0.05, 0.1) is 16.7 Å². The Balaban J connectivity index is 1.59. The lowest BCUT2D eigenvalue weighted by atomic mass is 9.95. The monoisotopic (exact) mass is 439 g/mol. The minimum Gasteiger partial charge on any atom is -0.478 e. The highest BCUT2D eigenvalue weighted by molar-refractivity contribution is 6.33. The van der Waals surface area contributed by atoms with E-state index in [-0.39, 0.29) is 33.5 Å². The van der Waals surface area contributed by atoms with Gasteiger partial charge in [0.25, 0.3) is 5.91 Å². The molecule has 9 heteroatoms. The fourth-order valence-electron chi connectivity index (χ4n) is 3.12. The highest BCUT2D eigenvalue weighted by Gasteiger charge is 2.29. The van der Waals surface area contributed by atoms with Gasteiger partial charge in [-0.1, -0.05) is 23.2 Å². The molecule has 29 heavy (non-hydrogen) atoms. The molecule has 0 bridgehead atoms. The van der Waals surface area contributed by atoms with E-state index < -0.39 is 5.82 Å². The quantitative estimate of drug-likeness (QED) is 0.748. The average molecular weight is 440 g/mol. The van der Waals surface area contributed by atoms with Crippen LogP contribution in [0.5, 0.6) is 5.88 Å². The Morgan fingerprint density at radius 3 is 2.59 bits per heavy atom. The van der Waals surface area contributed by atoms with E-state index in [0.29, 0.717) is 44.1 Å². The van der Waals surface area contributed by atoms with Gasteiger partial charge in [-0.3, -0.25) is 9.59 Å². The predicted molar refractivity (Wildman–Crippen MR) is 109 cm³/mol. The van der Waals surface area contributed by atoms with Gasteiger partial charge >= 0.3 is 0 Å². The second-order valence-electron chi connectivity index (χ2n) is 6.60. The topological polar surface area (TPSA) is 71.5 Å². The van der Waals surface area contributed by atoms with Crippen LogP contribution in [-0.4, -0.2) is 41.4 Å². The Morgan fingerprint density at radius 1 is 1.21 bits per heavy atom. The number of pyridine rings is 1. The van der Waals surface area contributed by atoms with Gasteiger partial charge in [-0.05, 0) is 44.0 Å². The first kappa shape index (κ1) is 21.3. The summed E-state index contributed by atoms with van der Waals surface area (Å²) in [4.78, 5) is 31.1. The molecule has 1 aliphatic rings. The van der Waals surface area contributed by atoms with Crippen molar-refractivity contribution in [3.8, 4) is 5.88 Å².